The van der Waals surface area contributed by atoms with Crippen LogP contribution < -0.4 is 0 Å². The van der Waals surface area contributed by atoms with Crippen LogP contribution in [0, 0.1) is 5.92 Å². The van der Waals surface area contributed by atoms with Crippen LogP contribution in [0.25, 0.3) is 0 Å². The molecule has 2 fully saturated rings. The first-order valence-electron chi connectivity index (χ1n) is 6.73. The third-order valence-corrected chi connectivity index (χ3v) is 4.36. The summed E-state index contributed by atoms with van der Waals surface area (Å²) in [5, 5.41) is 10.4. The first-order valence-corrected chi connectivity index (χ1v) is 6.73. The van der Waals surface area contributed by atoms with Crippen LogP contribution in [-0.2, 0) is 0 Å². The minimum atomic E-state index is -0.129. The van der Waals surface area contributed by atoms with E-state index in [1.165, 1.54) is 25.7 Å². The number of aliphatic hydroxyl groups is 1. The van der Waals surface area contributed by atoms with Crippen LogP contribution in [0.1, 0.15) is 32.1 Å². The second kappa shape index (κ2) is 5.48. The van der Waals surface area contributed by atoms with E-state index < -0.39 is 0 Å². The maximum absolute atomic E-state index is 10.4. The fourth-order valence-corrected chi connectivity index (χ4v) is 2.95. The van der Waals surface area contributed by atoms with E-state index >= 15 is 0 Å². The lowest BCUT2D eigenvalue weighted by Crippen LogP contribution is -2.47. The van der Waals surface area contributed by atoms with E-state index in [-0.39, 0.29) is 6.10 Å². The summed E-state index contributed by atoms with van der Waals surface area (Å²) in [5.41, 5.74) is 0. The molecule has 3 nitrogen and oxygen atoms in total. The first-order chi connectivity index (χ1) is 7.66. The van der Waals surface area contributed by atoms with Gasteiger partial charge in [-0.25, -0.2) is 0 Å². The molecule has 2 unspecified atom stereocenters. The molecule has 1 saturated carbocycles. The number of hydrogen-bond acceptors (Lipinski definition) is 3. The van der Waals surface area contributed by atoms with Crippen molar-refractivity contribution in [1.29, 1.82) is 0 Å². The number of rotatable bonds is 3. The Hall–Kier alpha value is -0.120. The van der Waals surface area contributed by atoms with Crippen LogP contribution in [0.5, 0.6) is 0 Å². The van der Waals surface area contributed by atoms with Crippen LogP contribution in [0.2, 0.25) is 0 Å². The van der Waals surface area contributed by atoms with Gasteiger partial charge in [0, 0.05) is 12.6 Å². The van der Waals surface area contributed by atoms with E-state index in [0.29, 0.717) is 6.04 Å². The third-order valence-electron chi connectivity index (χ3n) is 4.36. The molecule has 0 radical (unpaired) electrons. The number of hydrogen-bond donors (Lipinski definition) is 1. The Balaban J connectivity index is 1.87. The molecule has 2 aliphatic rings. The Bertz CT molecular complexity index is 218. The van der Waals surface area contributed by atoms with Crippen molar-refractivity contribution in [1.82, 2.24) is 9.80 Å². The SMILES string of the molecule is CN1CCCN(C)C(C(O)CC2CCC2)C1. The average Bonchev–Trinajstić information content (AvgIpc) is 2.34. The van der Waals surface area contributed by atoms with Crippen molar-refractivity contribution in [3.8, 4) is 0 Å². The van der Waals surface area contributed by atoms with Gasteiger partial charge in [0.15, 0.2) is 0 Å². The molecule has 2 atom stereocenters. The van der Waals surface area contributed by atoms with Crippen molar-refractivity contribution in [3.05, 3.63) is 0 Å². The van der Waals surface area contributed by atoms with E-state index in [1.807, 2.05) is 0 Å². The molecule has 16 heavy (non-hydrogen) atoms. The molecule has 1 heterocycles. The summed E-state index contributed by atoms with van der Waals surface area (Å²) in [6, 6.07) is 0.341. The molecule has 1 saturated heterocycles. The lowest BCUT2D eigenvalue weighted by Gasteiger charge is -2.35. The van der Waals surface area contributed by atoms with Gasteiger partial charge in [0.1, 0.15) is 0 Å². The standard InChI is InChI=1S/C13H26N2O/c1-14-7-4-8-15(2)12(10-14)13(16)9-11-5-3-6-11/h11-13,16H,3-10H2,1-2H3. The van der Waals surface area contributed by atoms with Gasteiger partial charge in [-0.15, -0.1) is 0 Å². The summed E-state index contributed by atoms with van der Waals surface area (Å²) in [5.74, 6) is 0.803. The van der Waals surface area contributed by atoms with Crippen molar-refractivity contribution in [2.75, 3.05) is 33.7 Å². The predicted octanol–water partition coefficient (Wildman–Crippen LogP) is 1.17. The second-order valence-electron chi connectivity index (χ2n) is 5.76. The fraction of sp³-hybridized carbons (Fsp3) is 1.00. The van der Waals surface area contributed by atoms with E-state index in [1.54, 1.807) is 0 Å². The largest absolute Gasteiger partial charge is 0.391 e. The second-order valence-corrected chi connectivity index (χ2v) is 5.76. The molecule has 1 N–H and O–H groups in total. The zero-order valence-corrected chi connectivity index (χ0v) is 10.7. The highest BCUT2D eigenvalue weighted by Crippen LogP contribution is 2.31. The molecule has 1 aliphatic heterocycles. The predicted molar refractivity (Wildman–Crippen MR) is 66.5 cm³/mol. The Morgan fingerprint density at radius 2 is 1.94 bits per heavy atom. The Morgan fingerprint density at radius 3 is 2.56 bits per heavy atom. The van der Waals surface area contributed by atoms with Gasteiger partial charge in [-0.1, -0.05) is 19.3 Å². The lowest BCUT2D eigenvalue weighted by atomic mass is 9.80. The summed E-state index contributed by atoms with van der Waals surface area (Å²) in [4.78, 5) is 4.71. The lowest BCUT2D eigenvalue weighted by molar-refractivity contribution is 0.0304. The minimum Gasteiger partial charge on any atom is -0.391 e. The quantitative estimate of drug-likeness (QED) is 0.782. The van der Waals surface area contributed by atoms with Gasteiger partial charge in [0.25, 0.3) is 0 Å². The Morgan fingerprint density at radius 1 is 1.19 bits per heavy atom. The smallest absolute Gasteiger partial charge is 0.0710 e. The molecule has 1 aliphatic carbocycles. The summed E-state index contributed by atoms with van der Waals surface area (Å²) in [6.07, 6.45) is 6.16. The van der Waals surface area contributed by atoms with Gasteiger partial charge >= 0.3 is 0 Å². The van der Waals surface area contributed by atoms with Crippen LogP contribution in [0.15, 0.2) is 0 Å². The fourth-order valence-electron chi connectivity index (χ4n) is 2.95. The first kappa shape index (κ1) is 12.3. The van der Waals surface area contributed by atoms with Gasteiger partial charge < -0.3 is 10.0 Å². The molecule has 0 spiro atoms. The molecule has 0 bridgehead atoms. The summed E-state index contributed by atoms with van der Waals surface area (Å²) in [6.45, 7) is 3.30. The van der Waals surface area contributed by atoms with Gasteiger partial charge in [0.05, 0.1) is 6.10 Å². The normalized spacial score (nSPS) is 32.1. The zero-order valence-electron chi connectivity index (χ0n) is 10.7. The molecule has 0 aromatic heterocycles. The topological polar surface area (TPSA) is 26.7 Å². The molecule has 94 valence electrons. The van der Waals surface area contributed by atoms with Crippen molar-refractivity contribution < 1.29 is 5.11 Å². The van der Waals surface area contributed by atoms with Crippen molar-refractivity contribution in [2.24, 2.45) is 5.92 Å². The van der Waals surface area contributed by atoms with E-state index in [4.69, 9.17) is 0 Å². The number of aliphatic hydroxyl groups excluding tert-OH is 1. The maximum Gasteiger partial charge on any atom is 0.0710 e. The van der Waals surface area contributed by atoms with Crippen LogP contribution >= 0.6 is 0 Å². The van der Waals surface area contributed by atoms with Gasteiger partial charge in [-0.3, -0.25) is 4.90 Å². The molecule has 2 rings (SSSR count). The highest BCUT2D eigenvalue weighted by molar-refractivity contribution is 4.85. The summed E-state index contributed by atoms with van der Waals surface area (Å²) >= 11 is 0. The van der Waals surface area contributed by atoms with Crippen LogP contribution in [0.3, 0.4) is 0 Å². The van der Waals surface area contributed by atoms with E-state index in [9.17, 15) is 5.11 Å². The van der Waals surface area contributed by atoms with E-state index in [2.05, 4.69) is 23.9 Å². The van der Waals surface area contributed by atoms with Gasteiger partial charge in [-0.05, 0) is 45.9 Å². The minimum absolute atomic E-state index is 0.129. The number of likely N-dealkylation sites (N-methyl/N-ethyl adjacent to an activating group) is 2. The Labute approximate surface area is 99.4 Å². The van der Waals surface area contributed by atoms with Crippen molar-refractivity contribution >= 4 is 0 Å². The number of nitrogens with zero attached hydrogens (tertiary/aromatic N) is 2. The van der Waals surface area contributed by atoms with Gasteiger partial charge in [-0.2, -0.15) is 0 Å². The summed E-state index contributed by atoms with van der Waals surface area (Å²) in [7, 11) is 4.33. The monoisotopic (exact) mass is 226 g/mol. The molecular weight excluding hydrogens is 200 g/mol. The Kier molecular flexibility index (Phi) is 4.22. The van der Waals surface area contributed by atoms with Crippen LogP contribution in [0.4, 0.5) is 0 Å². The molecule has 0 aromatic rings. The van der Waals surface area contributed by atoms with Crippen molar-refractivity contribution in [3.63, 3.8) is 0 Å². The van der Waals surface area contributed by atoms with E-state index in [0.717, 1.165) is 32.0 Å². The van der Waals surface area contributed by atoms with Crippen LogP contribution in [-0.4, -0.2) is 60.8 Å². The third kappa shape index (κ3) is 2.96. The summed E-state index contributed by atoms with van der Waals surface area (Å²) < 4.78 is 0. The van der Waals surface area contributed by atoms with Crippen molar-refractivity contribution in [2.45, 2.75) is 44.2 Å². The molecule has 0 aromatic carbocycles. The van der Waals surface area contributed by atoms with Gasteiger partial charge in [0.2, 0.25) is 0 Å². The average molecular weight is 226 g/mol. The molecular formula is C13H26N2O. The highest BCUT2D eigenvalue weighted by atomic mass is 16.3. The highest BCUT2D eigenvalue weighted by Gasteiger charge is 2.30. The molecule has 0 amide bonds. The zero-order chi connectivity index (χ0) is 11.5. The molecule has 3 heteroatoms. The maximum atomic E-state index is 10.4.